The van der Waals surface area contributed by atoms with Gasteiger partial charge in [0.1, 0.15) is 11.5 Å². The normalized spacial score (nSPS) is 15.0. The molecule has 3 rings (SSSR count). The van der Waals surface area contributed by atoms with Gasteiger partial charge in [-0.1, -0.05) is 30.3 Å². The summed E-state index contributed by atoms with van der Waals surface area (Å²) in [6.45, 7) is 0.925. The van der Waals surface area contributed by atoms with Crippen LogP contribution in [-0.2, 0) is 14.6 Å². The van der Waals surface area contributed by atoms with Gasteiger partial charge < -0.3 is 9.47 Å². The number of rotatable bonds is 6. The van der Waals surface area contributed by atoms with E-state index in [1.165, 1.54) is 5.41 Å². The molecule has 22 heavy (non-hydrogen) atoms. The lowest BCUT2D eigenvalue weighted by molar-refractivity contribution is 0.226. The molecule has 1 aliphatic rings. The highest BCUT2D eigenvalue weighted by molar-refractivity contribution is 7.94. The Morgan fingerprint density at radius 3 is 2.32 bits per heavy atom. The second-order valence-corrected chi connectivity index (χ2v) is 6.65. The molecule has 0 fully saturated rings. The van der Waals surface area contributed by atoms with Gasteiger partial charge in [0.05, 0.1) is 23.5 Å². The zero-order valence-corrected chi connectivity index (χ0v) is 12.8. The Hall–Kier alpha value is -2.27. The molecule has 0 atom stereocenters. The number of benzene rings is 2. The first-order chi connectivity index (χ1) is 10.7. The van der Waals surface area contributed by atoms with E-state index in [1.807, 2.05) is 30.3 Å². The first-order valence-electron chi connectivity index (χ1n) is 7.04. The van der Waals surface area contributed by atoms with Crippen LogP contribution >= 0.6 is 0 Å². The summed E-state index contributed by atoms with van der Waals surface area (Å²) in [6, 6.07) is 16.4. The predicted octanol–water partition coefficient (Wildman–Crippen LogP) is 3.26. The van der Waals surface area contributed by atoms with Crippen molar-refractivity contribution in [3.63, 3.8) is 0 Å². The van der Waals surface area contributed by atoms with Gasteiger partial charge in [-0.3, -0.25) is 0 Å². The SMILES string of the molecule is O=S1(=O)C=C(OCCCOc2ccccc2)c2ccccc21. The van der Waals surface area contributed by atoms with Gasteiger partial charge in [-0.15, -0.1) is 0 Å². The molecule has 0 saturated carbocycles. The first-order valence-corrected chi connectivity index (χ1v) is 8.58. The average molecular weight is 316 g/mol. The van der Waals surface area contributed by atoms with Crippen LogP contribution in [0.1, 0.15) is 12.0 Å². The van der Waals surface area contributed by atoms with Crippen molar-refractivity contribution in [2.75, 3.05) is 13.2 Å². The molecule has 0 spiro atoms. The van der Waals surface area contributed by atoms with Gasteiger partial charge >= 0.3 is 0 Å². The molecule has 0 saturated heterocycles. The number of fused-ring (bicyclic) bond motifs is 1. The van der Waals surface area contributed by atoms with Crippen molar-refractivity contribution in [1.29, 1.82) is 0 Å². The van der Waals surface area contributed by atoms with Crippen molar-refractivity contribution >= 4 is 15.6 Å². The van der Waals surface area contributed by atoms with Crippen LogP contribution in [0.3, 0.4) is 0 Å². The summed E-state index contributed by atoms with van der Waals surface area (Å²) in [6.07, 6.45) is 0.675. The summed E-state index contributed by atoms with van der Waals surface area (Å²) >= 11 is 0. The molecule has 0 N–H and O–H groups in total. The largest absolute Gasteiger partial charge is 0.493 e. The number of sulfone groups is 1. The molecule has 1 aliphatic heterocycles. The van der Waals surface area contributed by atoms with Crippen LogP contribution < -0.4 is 4.74 Å². The number of para-hydroxylation sites is 1. The van der Waals surface area contributed by atoms with Crippen molar-refractivity contribution in [1.82, 2.24) is 0 Å². The Morgan fingerprint density at radius 2 is 1.50 bits per heavy atom. The van der Waals surface area contributed by atoms with E-state index in [2.05, 4.69) is 0 Å². The second kappa shape index (κ2) is 6.23. The minimum Gasteiger partial charge on any atom is -0.493 e. The van der Waals surface area contributed by atoms with Gasteiger partial charge in [0.2, 0.25) is 9.84 Å². The lowest BCUT2D eigenvalue weighted by Crippen LogP contribution is -2.02. The summed E-state index contributed by atoms with van der Waals surface area (Å²) in [4.78, 5) is 0.311. The van der Waals surface area contributed by atoms with Crippen LogP contribution in [0.25, 0.3) is 5.76 Å². The zero-order chi connectivity index (χ0) is 15.4. The maximum atomic E-state index is 12.0. The van der Waals surface area contributed by atoms with Crippen molar-refractivity contribution in [2.24, 2.45) is 0 Å². The smallest absolute Gasteiger partial charge is 0.204 e. The summed E-state index contributed by atoms with van der Waals surface area (Å²) in [5, 5.41) is 1.19. The molecule has 114 valence electrons. The number of hydrogen-bond donors (Lipinski definition) is 0. The molecule has 0 radical (unpaired) electrons. The minimum atomic E-state index is -3.36. The molecule has 0 amide bonds. The predicted molar refractivity (Wildman–Crippen MR) is 84.1 cm³/mol. The Morgan fingerprint density at radius 1 is 0.818 bits per heavy atom. The molecule has 0 aliphatic carbocycles. The van der Waals surface area contributed by atoms with Gasteiger partial charge in [0.15, 0.2) is 0 Å². The van der Waals surface area contributed by atoms with Gasteiger partial charge in [-0.25, -0.2) is 8.42 Å². The third-order valence-electron chi connectivity index (χ3n) is 3.28. The fourth-order valence-electron chi connectivity index (χ4n) is 2.25. The molecule has 4 nitrogen and oxygen atoms in total. The van der Waals surface area contributed by atoms with Crippen LogP contribution in [0.5, 0.6) is 5.75 Å². The summed E-state index contributed by atoms with van der Waals surface area (Å²) in [5.74, 6) is 1.23. The van der Waals surface area contributed by atoms with Crippen LogP contribution in [0, 0.1) is 0 Å². The average Bonchev–Trinajstić information content (AvgIpc) is 2.80. The molecule has 0 aromatic heterocycles. The van der Waals surface area contributed by atoms with Gasteiger partial charge in [0, 0.05) is 12.0 Å². The van der Waals surface area contributed by atoms with E-state index in [0.717, 1.165) is 5.75 Å². The Labute approximate surface area is 129 Å². The maximum Gasteiger partial charge on any atom is 0.204 e. The first kappa shape index (κ1) is 14.7. The number of ether oxygens (including phenoxy) is 2. The zero-order valence-electron chi connectivity index (χ0n) is 11.9. The monoisotopic (exact) mass is 316 g/mol. The van der Waals surface area contributed by atoms with E-state index < -0.39 is 9.84 Å². The topological polar surface area (TPSA) is 52.6 Å². The fraction of sp³-hybridized carbons (Fsp3) is 0.176. The lowest BCUT2D eigenvalue weighted by atomic mass is 10.2. The standard InChI is InChI=1S/C17H16O4S/c18-22(19)13-16(15-9-4-5-10-17(15)22)21-12-6-11-20-14-7-2-1-3-8-14/h1-5,7-10,13H,6,11-12H2. The van der Waals surface area contributed by atoms with Gasteiger partial charge in [-0.05, 0) is 24.3 Å². The molecule has 5 heteroatoms. The van der Waals surface area contributed by atoms with E-state index in [-0.39, 0.29) is 0 Å². The highest BCUT2D eigenvalue weighted by Gasteiger charge is 2.27. The molecule has 2 aromatic carbocycles. The number of hydrogen-bond acceptors (Lipinski definition) is 4. The summed E-state index contributed by atoms with van der Waals surface area (Å²) in [5.41, 5.74) is 0.631. The van der Waals surface area contributed by atoms with Crippen LogP contribution in [-0.4, -0.2) is 21.6 Å². The highest BCUT2D eigenvalue weighted by atomic mass is 32.2. The third-order valence-corrected chi connectivity index (χ3v) is 4.77. The second-order valence-electron chi connectivity index (χ2n) is 4.89. The molecule has 2 aromatic rings. The van der Waals surface area contributed by atoms with E-state index >= 15 is 0 Å². The van der Waals surface area contributed by atoms with Gasteiger partial charge in [-0.2, -0.15) is 0 Å². The molecular formula is C17H16O4S. The summed E-state index contributed by atoms with van der Waals surface area (Å²) in [7, 11) is -3.36. The van der Waals surface area contributed by atoms with Crippen molar-refractivity contribution in [3.8, 4) is 5.75 Å². The molecule has 0 bridgehead atoms. The van der Waals surface area contributed by atoms with Gasteiger partial charge in [0.25, 0.3) is 0 Å². The van der Waals surface area contributed by atoms with Crippen molar-refractivity contribution in [2.45, 2.75) is 11.3 Å². The van der Waals surface area contributed by atoms with Crippen molar-refractivity contribution in [3.05, 3.63) is 65.6 Å². The van der Waals surface area contributed by atoms with E-state index in [1.54, 1.807) is 24.3 Å². The minimum absolute atomic E-state index is 0.311. The highest BCUT2D eigenvalue weighted by Crippen LogP contribution is 2.33. The van der Waals surface area contributed by atoms with E-state index in [4.69, 9.17) is 9.47 Å². The summed E-state index contributed by atoms with van der Waals surface area (Å²) < 4.78 is 35.1. The quantitative estimate of drug-likeness (QED) is 0.768. The molecular weight excluding hydrogens is 300 g/mol. The molecule has 0 unspecified atom stereocenters. The fourth-order valence-corrected chi connectivity index (χ4v) is 3.59. The third kappa shape index (κ3) is 3.14. The Balaban J connectivity index is 1.53. The van der Waals surface area contributed by atoms with Crippen LogP contribution in [0.4, 0.5) is 0 Å². The van der Waals surface area contributed by atoms with Crippen LogP contribution in [0.2, 0.25) is 0 Å². The maximum absolute atomic E-state index is 12.0. The van der Waals surface area contributed by atoms with Crippen LogP contribution in [0.15, 0.2) is 64.9 Å². The Bertz CT molecular complexity index is 779. The Kier molecular flexibility index (Phi) is 4.15. The van der Waals surface area contributed by atoms with E-state index in [9.17, 15) is 8.42 Å². The molecule has 1 heterocycles. The van der Waals surface area contributed by atoms with E-state index in [0.29, 0.717) is 35.9 Å². The lowest BCUT2D eigenvalue weighted by Gasteiger charge is -2.09. The van der Waals surface area contributed by atoms with Crippen molar-refractivity contribution < 1.29 is 17.9 Å².